The van der Waals surface area contributed by atoms with Crippen LogP contribution >= 0.6 is 0 Å². The van der Waals surface area contributed by atoms with Crippen molar-refractivity contribution in [1.29, 1.82) is 0 Å². The summed E-state index contributed by atoms with van der Waals surface area (Å²) in [5.74, 6) is -1.22. The first-order chi connectivity index (χ1) is 13.2. The number of anilines is 1. The Hall–Kier alpha value is -2.87. The van der Waals surface area contributed by atoms with E-state index in [1.807, 2.05) is 0 Å². The first-order valence-corrected chi connectivity index (χ1v) is 8.95. The number of carbonyl (C=O) groups excluding carboxylic acids is 1. The molecule has 1 heterocycles. The molecular weight excluding hydrogens is 432 g/mol. The first-order valence-electron chi connectivity index (χ1n) is 7.47. The van der Waals surface area contributed by atoms with Crippen molar-refractivity contribution < 1.29 is 39.6 Å². The Morgan fingerprint density at radius 2 is 1.62 bits per heavy atom. The number of alkyl halides is 6. The zero-order valence-corrected chi connectivity index (χ0v) is 14.8. The Kier molecular flexibility index (Phi) is 6.08. The molecule has 1 amide bonds. The third-order valence-corrected chi connectivity index (χ3v) is 4.80. The second kappa shape index (κ2) is 7.87. The van der Waals surface area contributed by atoms with Crippen LogP contribution in [-0.4, -0.2) is 25.9 Å². The van der Waals surface area contributed by atoms with Crippen molar-refractivity contribution in [3.05, 3.63) is 58.0 Å². The monoisotopic (exact) mass is 443 g/mol. The lowest BCUT2D eigenvalue weighted by Gasteiger charge is -2.11. The van der Waals surface area contributed by atoms with Gasteiger partial charge in [-0.3, -0.25) is 9.59 Å². The quantitative estimate of drug-likeness (QED) is 0.617. The number of benzene rings is 1. The molecule has 2 aromatic rings. The Labute approximate surface area is 158 Å². The van der Waals surface area contributed by atoms with E-state index in [2.05, 4.69) is 0 Å². The molecule has 2 rings (SSSR count). The average Bonchev–Trinajstić information content (AvgIpc) is 2.60. The first kappa shape index (κ1) is 22.4. The molecule has 0 fully saturated rings. The van der Waals surface area contributed by atoms with E-state index in [-0.39, 0.29) is 0 Å². The van der Waals surface area contributed by atoms with Crippen LogP contribution in [0.15, 0.2) is 46.2 Å². The van der Waals surface area contributed by atoms with Crippen LogP contribution in [-0.2, 0) is 27.2 Å². The molecule has 14 heteroatoms. The standard InChI is InChI=1S/C15H11F6N3O4S/c16-14(17,18)8-2-1-3-10(4-8)29(27,28)23-7-12(25)24-11-5-9(15(19,20)21)6-22-13(11)26/h1-6,23H,7H2,(H,22,26)(H,24,25). The average molecular weight is 443 g/mol. The van der Waals surface area contributed by atoms with E-state index in [0.717, 1.165) is 12.1 Å². The van der Waals surface area contributed by atoms with Crippen LogP contribution in [0.3, 0.4) is 0 Å². The Bertz CT molecular complexity index is 1080. The maximum Gasteiger partial charge on any atom is 0.417 e. The normalized spacial score (nSPS) is 12.6. The van der Waals surface area contributed by atoms with Crippen molar-refractivity contribution in [1.82, 2.24) is 9.71 Å². The summed E-state index contributed by atoms with van der Waals surface area (Å²) >= 11 is 0. The zero-order chi connectivity index (χ0) is 22.0. The Balaban J connectivity index is 2.12. The van der Waals surface area contributed by atoms with Crippen molar-refractivity contribution in [2.75, 3.05) is 11.9 Å². The zero-order valence-electron chi connectivity index (χ0n) is 14.0. The highest BCUT2D eigenvalue weighted by molar-refractivity contribution is 7.89. The van der Waals surface area contributed by atoms with Gasteiger partial charge in [-0.2, -0.15) is 26.3 Å². The van der Waals surface area contributed by atoms with Gasteiger partial charge in [0.15, 0.2) is 0 Å². The fraction of sp³-hybridized carbons (Fsp3) is 0.200. The fourth-order valence-corrected chi connectivity index (χ4v) is 3.05. The number of sulfonamides is 1. The highest BCUT2D eigenvalue weighted by Crippen LogP contribution is 2.30. The number of rotatable bonds is 5. The SMILES string of the molecule is O=C(CNS(=O)(=O)c1cccc(C(F)(F)F)c1)Nc1cc(C(F)(F)F)c[nH]c1=O. The number of aromatic nitrogens is 1. The second-order valence-electron chi connectivity index (χ2n) is 5.53. The molecule has 7 nitrogen and oxygen atoms in total. The van der Waals surface area contributed by atoms with E-state index in [1.165, 1.54) is 0 Å². The molecule has 158 valence electrons. The smallest absolute Gasteiger partial charge is 0.327 e. The minimum absolute atomic E-state index is 0.345. The number of aromatic amines is 1. The van der Waals surface area contributed by atoms with Crippen LogP contribution in [0.4, 0.5) is 32.0 Å². The highest BCUT2D eigenvalue weighted by atomic mass is 32.2. The Morgan fingerprint density at radius 3 is 2.21 bits per heavy atom. The summed E-state index contributed by atoms with van der Waals surface area (Å²) in [5, 5.41) is 1.79. The summed E-state index contributed by atoms with van der Waals surface area (Å²) < 4.78 is 102. The molecule has 0 bridgehead atoms. The van der Waals surface area contributed by atoms with Gasteiger partial charge in [-0.1, -0.05) is 6.07 Å². The molecule has 0 unspecified atom stereocenters. The summed E-state index contributed by atoms with van der Waals surface area (Å²) in [6.07, 6.45) is -9.23. The minimum Gasteiger partial charge on any atom is -0.327 e. The number of carbonyl (C=O) groups is 1. The summed E-state index contributed by atoms with van der Waals surface area (Å²) in [7, 11) is -4.55. The van der Waals surface area contributed by atoms with Crippen LogP contribution in [0.25, 0.3) is 0 Å². The molecule has 0 radical (unpaired) electrons. The molecule has 0 saturated heterocycles. The summed E-state index contributed by atoms with van der Waals surface area (Å²) in [5.41, 5.74) is -4.37. The topological polar surface area (TPSA) is 108 Å². The van der Waals surface area contributed by atoms with Crippen LogP contribution in [0.5, 0.6) is 0 Å². The van der Waals surface area contributed by atoms with Crippen molar-refractivity contribution in [3.8, 4) is 0 Å². The van der Waals surface area contributed by atoms with Crippen LogP contribution in [0.1, 0.15) is 11.1 Å². The predicted molar refractivity (Wildman–Crippen MR) is 87.3 cm³/mol. The molecule has 0 atom stereocenters. The molecule has 0 spiro atoms. The van der Waals surface area contributed by atoms with Gasteiger partial charge in [0.05, 0.1) is 22.6 Å². The van der Waals surface area contributed by atoms with E-state index in [9.17, 15) is 44.3 Å². The number of amides is 1. The number of hydrogen-bond acceptors (Lipinski definition) is 4. The number of pyridine rings is 1. The van der Waals surface area contributed by atoms with E-state index in [0.29, 0.717) is 24.4 Å². The second-order valence-corrected chi connectivity index (χ2v) is 7.29. The van der Waals surface area contributed by atoms with Crippen molar-refractivity contribution >= 4 is 21.6 Å². The molecule has 3 N–H and O–H groups in total. The van der Waals surface area contributed by atoms with E-state index in [4.69, 9.17) is 0 Å². The molecule has 1 aromatic heterocycles. The molecule has 29 heavy (non-hydrogen) atoms. The lowest BCUT2D eigenvalue weighted by molar-refractivity contribution is -0.138. The molecule has 0 aliphatic rings. The van der Waals surface area contributed by atoms with Gasteiger partial charge >= 0.3 is 12.4 Å². The van der Waals surface area contributed by atoms with Crippen molar-refractivity contribution in [2.45, 2.75) is 17.2 Å². The van der Waals surface area contributed by atoms with Gasteiger partial charge in [0.2, 0.25) is 15.9 Å². The molecule has 0 aliphatic carbocycles. The molecular formula is C15H11F6N3O4S. The number of hydrogen-bond donors (Lipinski definition) is 3. The van der Waals surface area contributed by atoms with E-state index in [1.54, 1.807) is 15.0 Å². The Morgan fingerprint density at radius 1 is 1.00 bits per heavy atom. The maximum atomic E-state index is 12.7. The molecule has 0 aliphatic heterocycles. The molecule has 1 aromatic carbocycles. The predicted octanol–water partition coefficient (Wildman–Crippen LogP) is 2.33. The fourth-order valence-electron chi connectivity index (χ4n) is 2.02. The highest BCUT2D eigenvalue weighted by Gasteiger charge is 2.32. The van der Waals surface area contributed by atoms with Crippen molar-refractivity contribution in [3.63, 3.8) is 0 Å². The number of halogens is 6. The van der Waals surface area contributed by atoms with E-state index < -0.39 is 62.1 Å². The number of nitrogens with one attached hydrogen (secondary N) is 3. The van der Waals surface area contributed by atoms with Gasteiger partial charge in [-0.15, -0.1) is 0 Å². The maximum absolute atomic E-state index is 12.7. The third-order valence-electron chi connectivity index (χ3n) is 3.40. The van der Waals surface area contributed by atoms with Crippen LogP contribution in [0.2, 0.25) is 0 Å². The van der Waals surface area contributed by atoms with Gasteiger partial charge in [0, 0.05) is 6.20 Å². The van der Waals surface area contributed by atoms with Gasteiger partial charge in [-0.05, 0) is 24.3 Å². The minimum atomic E-state index is -4.81. The lowest BCUT2D eigenvalue weighted by Crippen LogP contribution is -2.34. The van der Waals surface area contributed by atoms with Gasteiger partial charge in [0.25, 0.3) is 5.56 Å². The van der Waals surface area contributed by atoms with Crippen LogP contribution < -0.4 is 15.6 Å². The van der Waals surface area contributed by atoms with Gasteiger partial charge in [-0.25, -0.2) is 13.1 Å². The number of H-pyrrole nitrogens is 1. The van der Waals surface area contributed by atoms with Crippen molar-refractivity contribution in [2.24, 2.45) is 0 Å². The van der Waals surface area contributed by atoms with Crippen LogP contribution in [0, 0.1) is 0 Å². The van der Waals surface area contributed by atoms with Gasteiger partial charge in [0.1, 0.15) is 5.69 Å². The van der Waals surface area contributed by atoms with E-state index >= 15 is 0 Å². The third kappa shape index (κ3) is 5.80. The summed E-state index contributed by atoms with van der Waals surface area (Å²) in [4.78, 5) is 24.3. The molecule has 0 saturated carbocycles. The largest absolute Gasteiger partial charge is 0.417 e. The van der Waals surface area contributed by atoms with Gasteiger partial charge < -0.3 is 10.3 Å². The lowest BCUT2D eigenvalue weighted by atomic mass is 10.2. The summed E-state index contributed by atoms with van der Waals surface area (Å²) in [6.45, 7) is -1.05. The summed E-state index contributed by atoms with van der Waals surface area (Å²) in [6, 6.07) is 3.04.